The Morgan fingerprint density at radius 3 is 1.40 bits per heavy atom. The van der Waals surface area contributed by atoms with Gasteiger partial charge in [0.1, 0.15) is 6.61 Å². The van der Waals surface area contributed by atoms with Crippen molar-refractivity contribution >= 4 is 19.8 Å². The van der Waals surface area contributed by atoms with Crippen LogP contribution in [-0.2, 0) is 28.2 Å². The molecule has 0 saturated carbocycles. The molecule has 0 rings (SSSR count). The molecule has 9 heteroatoms. The van der Waals surface area contributed by atoms with Crippen LogP contribution >= 0.6 is 7.82 Å². The molecule has 0 heterocycles. The van der Waals surface area contributed by atoms with Gasteiger partial charge >= 0.3 is 19.8 Å². The van der Waals surface area contributed by atoms with Gasteiger partial charge in [0.2, 0.25) is 0 Å². The summed E-state index contributed by atoms with van der Waals surface area (Å²) in [6.07, 6.45) is 42.9. The number of hydrogen-bond acceptors (Lipinski definition) is 6. The van der Waals surface area contributed by atoms with Gasteiger partial charge in [0.15, 0.2) is 6.10 Å². The van der Waals surface area contributed by atoms with E-state index < -0.39 is 32.5 Å². The number of carbonyl (C=O) groups is 2. The van der Waals surface area contributed by atoms with Crippen LogP contribution in [0.25, 0.3) is 0 Å². The van der Waals surface area contributed by atoms with Crippen molar-refractivity contribution in [2.45, 2.75) is 200 Å². The molecule has 0 unspecified atom stereocenters. The van der Waals surface area contributed by atoms with Crippen molar-refractivity contribution < 1.29 is 37.9 Å². The van der Waals surface area contributed by atoms with E-state index in [1.165, 1.54) is 96.3 Å². The van der Waals surface area contributed by atoms with Gasteiger partial charge in [-0.05, 0) is 70.6 Å². The van der Waals surface area contributed by atoms with Crippen molar-refractivity contribution in [3.63, 3.8) is 0 Å². The molecule has 0 aliphatic heterocycles. The van der Waals surface area contributed by atoms with Crippen LogP contribution in [0.15, 0.2) is 36.5 Å². The molecule has 0 aliphatic rings. The molecule has 2 N–H and O–H groups in total. The minimum absolute atomic E-state index is 0.191. The summed E-state index contributed by atoms with van der Waals surface area (Å²) >= 11 is 0. The van der Waals surface area contributed by atoms with Crippen LogP contribution in [0.1, 0.15) is 194 Å². The van der Waals surface area contributed by atoms with Crippen molar-refractivity contribution in [1.29, 1.82) is 0 Å². The van der Waals surface area contributed by atoms with Crippen molar-refractivity contribution in [3.05, 3.63) is 36.5 Å². The highest BCUT2D eigenvalue weighted by Gasteiger charge is 2.22. The highest BCUT2D eigenvalue weighted by atomic mass is 31.2. The lowest BCUT2D eigenvalue weighted by molar-refractivity contribution is -0.161. The Morgan fingerprint density at radius 1 is 0.520 bits per heavy atom. The van der Waals surface area contributed by atoms with Crippen LogP contribution in [0, 0.1) is 0 Å². The molecule has 0 aliphatic carbocycles. The van der Waals surface area contributed by atoms with E-state index in [1.54, 1.807) is 0 Å². The van der Waals surface area contributed by atoms with E-state index in [-0.39, 0.29) is 19.4 Å². The maximum absolute atomic E-state index is 12.4. The zero-order chi connectivity index (χ0) is 36.8. The quantitative estimate of drug-likeness (QED) is 0.0281. The molecule has 0 spiro atoms. The van der Waals surface area contributed by atoms with Crippen LogP contribution in [0.4, 0.5) is 0 Å². The fourth-order valence-corrected chi connectivity index (χ4v) is 5.93. The van der Waals surface area contributed by atoms with Gasteiger partial charge in [0.25, 0.3) is 0 Å². The van der Waals surface area contributed by atoms with Gasteiger partial charge in [-0.2, -0.15) is 0 Å². The topological polar surface area (TPSA) is 119 Å². The number of allylic oxidation sites excluding steroid dienone is 6. The number of phosphoric acid groups is 1. The molecule has 0 aromatic heterocycles. The summed E-state index contributed by atoms with van der Waals surface area (Å²) in [5, 5.41) is 0. The largest absolute Gasteiger partial charge is 0.469 e. The molecule has 1 atom stereocenters. The monoisotopic (exact) mass is 727 g/mol. The van der Waals surface area contributed by atoms with Gasteiger partial charge in [-0.15, -0.1) is 0 Å². The fourth-order valence-electron chi connectivity index (χ4n) is 5.57. The second kappa shape index (κ2) is 37.0. The first-order valence-corrected chi connectivity index (χ1v) is 21.8. The van der Waals surface area contributed by atoms with Gasteiger partial charge in [0, 0.05) is 12.8 Å². The molecule has 0 saturated heterocycles. The van der Waals surface area contributed by atoms with E-state index in [0.29, 0.717) is 6.42 Å². The summed E-state index contributed by atoms with van der Waals surface area (Å²) in [5.41, 5.74) is 0. The Balaban J connectivity index is 3.93. The van der Waals surface area contributed by atoms with Crippen LogP contribution in [-0.4, -0.2) is 41.0 Å². The molecule has 0 aromatic carbocycles. The average Bonchev–Trinajstić information content (AvgIpc) is 3.08. The smallest absolute Gasteiger partial charge is 0.462 e. The van der Waals surface area contributed by atoms with Crippen molar-refractivity contribution in [3.8, 4) is 0 Å². The molecule has 0 aromatic rings. The number of phosphoric ester groups is 1. The maximum Gasteiger partial charge on any atom is 0.469 e. The van der Waals surface area contributed by atoms with Crippen molar-refractivity contribution in [2.75, 3.05) is 13.2 Å². The average molecular weight is 727 g/mol. The molecule has 0 radical (unpaired) electrons. The SMILES string of the molecule is CCCCC/C=C/C/C=C/CCCCCCCCCCCC(=O)OC[C@H](COP(=O)(O)O)OC(=O)CCCCC/C=C/CCCCCCCC. The summed E-state index contributed by atoms with van der Waals surface area (Å²) in [5.74, 6) is -0.906. The lowest BCUT2D eigenvalue weighted by atomic mass is 10.1. The second-order valence-electron chi connectivity index (χ2n) is 13.6. The minimum Gasteiger partial charge on any atom is -0.462 e. The molecule has 50 heavy (non-hydrogen) atoms. The fraction of sp³-hybridized carbons (Fsp3) is 0.805. The summed E-state index contributed by atoms with van der Waals surface area (Å²) in [6.45, 7) is 3.63. The first kappa shape index (κ1) is 48.3. The molecular weight excluding hydrogens is 651 g/mol. The van der Waals surface area contributed by atoms with Gasteiger partial charge in [-0.1, -0.05) is 147 Å². The van der Waals surface area contributed by atoms with Gasteiger partial charge in [-0.3, -0.25) is 14.1 Å². The summed E-state index contributed by atoms with van der Waals surface area (Å²) in [4.78, 5) is 42.8. The third-order valence-electron chi connectivity index (χ3n) is 8.63. The lowest BCUT2D eigenvalue weighted by Gasteiger charge is -2.18. The van der Waals surface area contributed by atoms with Crippen LogP contribution in [0.2, 0.25) is 0 Å². The maximum atomic E-state index is 12.4. The number of hydrogen-bond donors (Lipinski definition) is 2. The number of rotatable bonds is 37. The minimum atomic E-state index is -4.75. The molecule has 0 fully saturated rings. The molecule has 0 amide bonds. The summed E-state index contributed by atoms with van der Waals surface area (Å²) in [6, 6.07) is 0. The van der Waals surface area contributed by atoms with Crippen molar-refractivity contribution in [1.82, 2.24) is 0 Å². The third-order valence-corrected chi connectivity index (χ3v) is 9.12. The van der Waals surface area contributed by atoms with E-state index in [0.717, 1.165) is 64.2 Å². The summed E-state index contributed by atoms with van der Waals surface area (Å²) in [7, 11) is -4.75. The van der Waals surface area contributed by atoms with E-state index in [1.807, 2.05) is 0 Å². The van der Waals surface area contributed by atoms with Crippen LogP contribution < -0.4 is 0 Å². The van der Waals surface area contributed by atoms with Crippen LogP contribution in [0.3, 0.4) is 0 Å². The van der Waals surface area contributed by atoms with E-state index >= 15 is 0 Å². The van der Waals surface area contributed by atoms with Gasteiger partial charge in [0.05, 0.1) is 6.61 Å². The molecule has 8 nitrogen and oxygen atoms in total. The first-order valence-electron chi connectivity index (χ1n) is 20.3. The van der Waals surface area contributed by atoms with Crippen molar-refractivity contribution in [2.24, 2.45) is 0 Å². The lowest BCUT2D eigenvalue weighted by Crippen LogP contribution is -2.29. The number of ether oxygens (including phenoxy) is 2. The highest BCUT2D eigenvalue weighted by Crippen LogP contribution is 2.36. The van der Waals surface area contributed by atoms with E-state index in [4.69, 9.17) is 19.3 Å². The summed E-state index contributed by atoms with van der Waals surface area (Å²) < 4.78 is 26.3. The first-order chi connectivity index (χ1) is 24.3. The van der Waals surface area contributed by atoms with Crippen LogP contribution in [0.5, 0.6) is 0 Å². The molecule has 292 valence electrons. The second-order valence-corrected chi connectivity index (χ2v) is 14.8. The Morgan fingerprint density at radius 2 is 0.900 bits per heavy atom. The zero-order valence-corrected chi connectivity index (χ0v) is 32.9. The predicted molar refractivity (Wildman–Crippen MR) is 207 cm³/mol. The normalized spacial score (nSPS) is 12.8. The zero-order valence-electron chi connectivity index (χ0n) is 32.0. The molecular formula is C41H75O8P. The number of carbonyl (C=O) groups excluding carboxylic acids is 2. The number of unbranched alkanes of at least 4 members (excludes halogenated alkanes) is 21. The van der Waals surface area contributed by atoms with E-state index in [2.05, 4.69) is 54.8 Å². The Kier molecular flexibility index (Phi) is 35.8. The van der Waals surface area contributed by atoms with Gasteiger partial charge in [-0.25, -0.2) is 4.57 Å². The third kappa shape index (κ3) is 39.1. The van der Waals surface area contributed by atoms with Gasteiger partial charge < -0.3 is 19.3 Å². The Bertz CT molecular complexity index is 910. The Hall–Kier alpha value is -1.73. The standard InChI is InChI=1S/C41H75O8P/c1-3-5-7-9-11-13-15-17-18-19-20-21-22-24-25-27-29-31-33-35-40(42)47-37-39(38-48-50(44,45)46)49-41(43)36-34-32-30-28-26-23-16-14-12-10-8-6-4-2/h11,13,17-18,23,26,39H,3-10,12,14-16,19-22,24-25,27-38H2,1-2H3,(H2,44,45,46)/b13-11+,18-17+,26-23+/t39-/m1/s1. The number of esters is 2. The predicted octanol–water partition coefficient (Wildman–Crippen LogP) is 12.2. The Labute approximate surface area is 306 Å². The molecule has 0 bridgehead atoms. The van der Waals surface area contributed by atoms with E-state index in [9.17, 15) is 14.2 Å². The highest BCUT2D eigenvalue weighted by molar-refractivity contribution is 7.46.